The predicted molar refractivity (Wildman–Crippen MR) is 119 cm³/mol. The first-order valence-corrected chi connectivity index (χ1v) is 11.0. The second-order valence-electron chi connectivity index (χ2n) is 7.80. The lowest BCUT2D eigenvalue weighted by atomic mass is 10.1. The zero-order chi connectivity index (χ0) is 24.1. The first-order valence-electron chi connectivity index (χ1n) is 9.49. The summed E-state index contributed by atoms with van der Waals surface area (Å²) in [6.45, 7) is 4.74. The third kappa shape index (κ3) is 6.59. The predicted octanol–water partition coefficient (Wildman–Crippen LogP) is 1.90. The van der Waals surface area contributed by atoms with E-state index in [0.29, 0.717) is 11.4 Å². The Hall–Kier alpha value is -3.31. The molecule has 10 nitrogen and oxygen atoms in total. The van der Waals surface area contributed by atoms with E-state index in [1.807, 2.05) is 0 Å². The molecular weight excluding hydrogens is 438 g/mol. The fourth-order valence-corrected chi connectivity index (χ4v) is 4.32. The summed E-state index contributed by atoms with van der Waals surface area (Å²) in [5.74, 6) is -0.583. The lowest BCUT2D eigenvalue weighted by Crippen LogP contribution is -2.40. The van der Waals surface area contributed by atoms with Crippen molar-refractivity contribution in [2.75, 3.05) is 26.1 Å². The average Bonchev–Trinajstić information content (AvgIpc) is 2.70. The molecule has 0 heterocycles. The van der Waals surface area contributed by atoms with Gasteiger partial charge in [0.1, 0.15) is 10.6 Å². The van der Waals surface area contributed by atoms with E-state index in [2.05, 4.69) is 10.0 Å². The molecule has 0 saturated heterocycles. The molecule has 2 aromatic carbocycles. The molecule has 0 atom stereocenters. The fraction of sp³-hybridized carbons (Fsp3) is 0.333. The Morgan fingerprint density at radius 2 is 1.59 bits per heavy atom. The first kappa shape index (κ1) is 25.0. The fourth-order valence-electron chi connectivity index (χ4n) is 2.71. The van der Waals surface area contributed by atoms with Crippen LogP contribution < -0.4 is 30.0 Å². The Kier molecular flexibility index (Phi) is 7.70. The van der Waals surface area contributed by atoms with Gasteiger partial charge >= 0.3 is 0 Å². The molecule has 0 aliphatic heterocycles. The van der Waals surface area contributed by atoms with E-state index >= 15 is 0 Å². The SMILES string of the molecule is COc1ccc(NC(=O)c2ccc(OC)c(S(=O)(=O)NC(C)(C)C)c2)cc1OCC(N)=O. The maximum Gasteiger partial charge on any atom is 0.255 e. The van der Waals surface area contributed by atoms with Crippen LogP contribution in [0.3, 0.4) is 0 Å². The van der Waals surface area contributed by atoms with E-state index in [4.69, 9.17) is 19.9 Å². The van der Waals surface area contributed by atoms with Crippen molar-refractivity contribution in [2.45, 2.75) is 31.2 Å². The van der Waals surface area contributed by atoms with Crippen molar-refractivity contribution in [3.8, 4) is 17.2 Å². The largest absolute Gasteiger partial charge is 0.495 e. The number of primary amides is 1. The van der Waals surface area contributed by atoms with Crippen molar-refractivity contribution >= 4 is 27.5 Å². The number of nitrogens with two attached hydrogens (primary N) is 1. The van der Waals surface area contributed by atoms with Crippen LogP contribution >= 0.6 is 0 Å². The topological polar surface area (TPSA) is 146 Å². The zero-order valence-electron chi connectivity index (χ0n) is 18.5. The van der Waals surface area contributed by atoms with Gasteiger partial charge in [0.05, 0.1) is 14.2 Å². The number of methoxy groups -OCH3 is 2. The number of ether oxygens (including phenoxy) is 3. The molecule has 32 heavy (non-hydrogen) atoms. The maximum atomic E-state index is 12.8. The lowest BCUT2D eigenvalue weighted by Gasteiger charge is -2.21. The quantitative estimate of drug-likeness (QED) is 0.512. The van der Waals surface area contributed by atoms with Gasteiger partial charge in [0.15, 0.2) is 18.1 Å². The number of hydrogen-bond acceptors (Lipinski definition) is 7. The molecule has 0 spiro atoms. The molecule has 0 fully saturated rings. The van der Waals surface area contributed by atoms with Crippen LogP contribution in [-0.4, -0.2) is 46.6 Å². The summed E-state index contributed by atoms with van der Waals surface area (Å²) >= 11 is 0. The van der Waals surface area contributed by atoms with Crippen LogP contribution in [-0.2, 0) is 14.8 Å². The molecule has 4 N–H and O–H groups in total. The molecule has 0 aromatic heterocycles. The number of amides is 2. The highest BCUT2D eigenvalue weighted by Crippen LogP contribution is 2.31. The number of carbonyl (C=O) groups is 2. The van der Waals surface area contributed by atoms with E-state index in [1.165, 1.54) is 38.5 Å². The van der Waals surface area contributed by atoms with Gasteiger partial charge in [-0.05, 0) is 51.1 Å². The third-order valence-corrected chi connectivity index (χ3v) is 5.73. The van der Waals surface area contributed by atoms with Crippen LogP contribution in [0.15, 0.2) is 41.3 Å². The minimum absolute atomic E-state index is 0.0931. The molecule has 0 saturated carbocycles. The molecule has 2 rings (SSSR count). The summed E-state index contributed by atoms with van der Waals surface area (Å²) in [6, 6.07) is 8.65. The van der Waals surface area contributed by atoms with Crippen LogP contribution in [0, 0.1) is 0 Å². The number of nitrogens with one attached hydrogen (secondary N) is 2. The highest BCUT2D eigenvalue weighted by molar-refractivity contribution is 7.89. The third-order valence-electron chi connectivity index (χ3n) is 3.95. The summed E-state index contributed by atoms with van der Waals surface area (Å²) < 4.78 is 43.8. The number of rotatable bonds is 9. The Labute approximate surface area is 187 Å². The van der Waals surface area contributed by atoms with Gasteiger partial charge in [-0.1, -0.05) is 0 Å². The second-order valence-corrected chi connectivity index (χ2v) is 9.45. The molecule has 0 radical (unpaired) electrons. The monoisotopic (exact) mass is 465 g/mol. The van der Waals surface area contributed by atoms with E-state index in [0.717, 1.165) is 0 Å². The van der Waals surface area contributed by atoms with Gasteiger partial charge in [0.2, 0.25) is 10.0 Å². The molecular formula is C21H27N3O7S. The van der Waals surface area contributed by atoms with Crippen molar-refractivity contribution in [3.05, 3.63) is 42.0 Å². The Morgan fingerprint density at radius 3 is 2.16 bits per heavy atom. The van der Waals surface area contributed by atoms with Crippen LogP contribution in [0.25, 0.3) is 0 Å². The highest BCUT2D eigenvalue weighted by atomic mass is 32.2. The zero-order valence-corrected chi connectivity index (χ0v) is 19.3. The minimum Gasteiger partial charge on any atom is -0.495 e. The second kappa shape index (κ2) is 9.88. The van der Waals surface area contributed by atoms with Gasteiger partial charge in [-0.2, -0.15) is 0 Å². The molecule has 0 unspecified atom stereocenters. The average molecular weight is 466 g/mol. The normalized spacial score (nSPS) is 11.5. The number of anilines is 1. The number of hydrogen-bond donors (Lipinski definition) is 3. The van der Waals surface area contributed by atoms with Crippen molar-refractivity contribution in [3.63, 3.8) is 0 Å². The summed E-state index contributed by atoms with van der Waals surface area (Å²) in [4.78, 5) is 23.6. The van der Waals surface area contributed by atoms with Crippen LogP contribution in [0.4, 0.5) is 5.69 Å². The smallest absolute Gasteiger partial charge is 0.255 e. The van der Waals surface area contributed by atoms with Crippen molar-refractivity contribution in [2.24, 2.45) is 5.73 Å². The van der Waals surface area contributed by atoms with E-state index in [1.54, 1.807) is 32.9 Å². The molecule has 0 aliphatic rings. The summed E-state index contributed by atoms with van der Waals surface area (Å²) in [7, 11) is -1.19. The first-order chi connectivity index (χ1) is 14.9. The van der Waals surface area contributed by atoms with Gasteiger partial charge in [0, 0.05) is 22.9 Å². The van der Waals surface area contributed by atoms with Gasteiger partial charge < -0.3 is 25.3 Å². The standard InChI is InChI=1S/C21H27N3O7S/c1-21(2,3)24-32(27,28)18-10-13(6-8-16(18)30-5)20(26)23-14-7-9-15(29-4)17(11-14)31-12-19(22)25/h6-11,24H,12H2,1-5H3,(H2,22,25)(H,23,26). The molecule has 0 bridgehead atoms. The summed E-state index contributed by atoms with van der Waals surface area (Å²) in [5, 5.41) is 2.66. The number of benzene rings is 2. The van der Waals surface area contributed by atoms with Crippen LogP contribution in [0.2, 0.25) is 0 Å². The van der Waals surface area contributed by atoms with E-state index in [9.17, 15) is 18.0 Å². The lowest BCUT2D eigenvalue weighted by molar-refractivity contribution is -0.119. The van der Waals surface area contributed by atoms with Gasteiger partial charge in [-0.15, -0.1) is 0 Å². The summed E-state index contributed by atoms with van der Waals surface area (Å²) in [6.07, 6.45) is 0. The molecule has 2 amide bonds. The van der Waals surface area contributed by atoms with E-state index < -0.39 is 27.4 Å². The van der Waals surface area contributed by atoms with Crippen LogP contribution in [0.1, 0.15) is 31.1 Å². The van der Waals surface area contributed by atoms with Crippen molar-refractivity contribution in [1.82, 2.24) is 4.72 Å². The minimum atomic E-state index is -3.96. The van der Waals surface area contributed by atoms with Gasteiger partial charge in [0.25, 0.3) is 11.8 Å². The Morgan fingerprint density at radius 1 is 0.969 bits per heavy atom. The maximum absolute atomic E-state index is 12.8. The molecule has 11 heteroatoms. The number of sulfonamides is 1. The molecule has 0 aliphatic carbocycles. The molecule has 174 valence electrons. The highest BCUT2D eigenvalue weighted by Gasteiger charge is 2.26. The van der Waals surface area contributed by atoms with Gasteiger partial charge in [-0.25, -0.2) is 13.1 Å². The van der Waals surface area contributed by atoms with E-state index in [-0.39, 0.29) is 28.6 Å². The molecule has 2 aromatic rings. The Bertz CT molecular complexity index is 1110. The van der Waals surface area contributed by atoms with Gasteiger partial charge in [-0.3, -0.25) is 9.59 Å². The van der Waals surface area contributed by atoms with Crippen molar-refractivity contribution < 1.29 is 32.2 Å². The Balaban J connectivity index is 2.34. The van der Waals surface area contributed by atoms with Crippen molar-refractivity contribution in [1.29, 1.82) is 0 Å². The summed E-state index contributed by atoms with van der Waals surface area (Å²) in [5.41, 5.74) is 4.80. The van der Waals surface area contributed by atoms with Crippen LogP contribution in [0.5, 0.6) is 17.2 Å². The number of carbonyl (C=O) groups excluding carboxylic acids is 2.